The van der Waals surface area contributed by atoms with E-state index in [2.05, 4.69) is 96.8 Å². The molecule has 0 heterocycles. The molecule has 3 rings (SSSR count). The second kappa shape index (κ2) is 13.7. The molecule has 0 saturated heterocycles. The van der Waals surface area contributed by atoms with E-state index in [0.29, 0.717) is 0 Å². The quantitative estimate of drug-likeness (QED) is 0.238. The first-order valence-electron chi connectivity index (χ1n) is 12.4. The highest BCUT2D eigenvalue weighted by Gasteiger charge is 2.14. The van der Waals surface area contributed by atoms with Gasteiger partial charge in [-0.25, -0.2) is 0 Å². The summed E-state index contributed by atoms with van der Waals surface area (Å²) in [5, 5.41) is 0. The van der Waals surface area contributed by atoms with Gasteiger partial charge in [0.1, 0.15) is 0 Å². The van der Waals surface area contributed by atoms with Crippen molar-refractivity contribution >= 4 is 17.1 Å². The molecule has 0 aliphatic carbocycles. The number of hydrogen-bond acceptors (Lipinski definition) is 1. The molecule has 0 spiro atoms. The number of benzene rings is 3. The van der Waals surface area contributed by atoms with Crippen LogP contribution in [0.3, 0.4) is 0 Å². The van der Waals surface area contributed by atoms with E-state index in [4.69, 9.17) is 0 Å². The maximum atomic E-state index is 2.39. The summed E-state index contributed by atoms with van der Waals surface area (Å²) in [5.74, 6) is 0. The molecule has 0 fully saturated rings. The Labute approximate surface area is 190 Å². The molecular weight excluding hydrogens is 374 g/mol. The van der Waals surface area contributed by atoms with Gasteiger partial charge in [-0.1, -0.05) is 119 Å². The van der Waals surface area contributed by atoms with E-state index in [1.807, 2.05) is 0 Å². The third kappa shape index (κ3) is 7.58. The molecule has 0 aliphatic rings. The molecule has 0 bridgehead atoms. The molecule has 1 heteroatoms. The Balaban J connectivity index is 1.58. The number of unbranched alkanes of at least 4 members (excludes halogenated alkanes) is 9. The fourth-order valence-electron chi connectivity index (χ4n) is 4.32. The lowest BCUT2D eigenvalue weighted by Crippen LogP contribution is -2.12. The average molecular weight is 414 g/mol. The Hall–Kier alpha value is -2.54. The summed E-state index contributed by atoms with van der Waals surface area (Å²) in [5.41, 5.74) is 5.17. The van der Waals surface area contributed by atoms with E-state index in [9.17, 15) is 0 Å². The zero-order valence-corrected chi connectivity index (χ0v) is 19.3. The molecule has 0 atom stereocenters. The molecule has 0 N–H and O–H groups in total. The first kappa shape index (κ1) is 23.1. The second-order valence-corrected chi connectivity index (χ2v) is 8.57. The largest absolute Gasteiger partial charge is 0.310 e. The Morgan fingerprint density at radius 1 is 0.484 bits per heavy atom. The monoisotopic (exact) mass is 413 g/mol. The van der Waals surface area contributed by atoms with Crippen LogP contribution in [0.4, 0.5) is 17.1 Å². The van der Waals surface area contributed by atoms with Crippen molar-refractivity contribution in [2.45, 2.75) is 77.6 Å². The molecule has 164 valence electrons. The Morgan fingerprint density at radius 2 is 0.935 bits per heavy atom. The molecule has 3 aromatic carbocycles. The van der Waals surface area contributed by atoms with E-state index < -0.39 is 0 Å². The summed E-state index contributed by atoms with van der Waals surface area (Å²) in [4.78, 5) is 2.39. The fraction of sp³-hybridized carbons (Fsp3) is 0.400. The van der Waals surface area contributed by atoms with E-state index in [1.54, 1.807) is 0 Å². The van der Waals surface area contributed by atoms with E-state index in [1.165, 1.54) is 86.8 Å². The Kier molecular flexibility index (Phi) is 10.2. The number of para-hydroxylation sites is 3. The number of rotatable bonds is 14. The molecule has 1 nitrogen and oxygen atoms in total. The summed E-state index contributed by atoms with van der Waals surface area (Å²) < 4.78 is 0. The topological polar surface area (TPSA) is 3.24 Å². The summed E-state index contributed by atoms with van der Waals surface area (Å²) >= 11 is 0. The van der Waals surface area contributed by atoms with Gasteiger partial charge in [0.25, 0.3) is 0 Å². The van der Waals surface area contributed by atoms with Gasteiger partial charge in [-0.15, -0.1) is 0 Å². The summed E-state index contributed by atoms with van der Waals surface area (Å²) in [7, 11) is 0. The van der Waals surface area contributed by atoms with Crippen LogP contribution in [0.5, 0.6) is 0 Å². The molecular formula is C30H39N. The van der Waals surface area contributed by atoms with Gasteiger partial charge >= 0.3 is 0 Å². The van der Waals surface area contributed by atoms with Crippen molar-refractivity contribution in [3.63, 3.8) is 0 Å². The molecule has 0 saturated carbocycles. The summed E-state index contributed by atoms with van der Waals surface area (Å²) in [6.07, 6.45) is 14.9. The average Bonchev–Trinajstić information content (AvgIpc) is 2.83. The number of anilines is 3. The van der Waals surface area contributed by atoms with Crippen molar-refractivity contribution in [3.8, 4) is 0 Å². The van der Waals surface area contributed by atoms with Gasteiger partial charge in [0.15, 0.2) is 0 Å². The molecule has 0 aliphatic heterocycles. The van der Waals surface area contributed by atoms with Gasteiger partial charge in [-0.2, -0.15) is 0 Å². The van der Waals surface area contributed by atoms with Crippen molar-refractivity contribution in [3.05, 3.63) is 90.5 Å². The molecule has 0 radical (unpaired) electrons. The fourth-order valence-corrected chi connectivity index (χ4v) is 4.32. The van der Waals surface area contributed by atoms with Crippen LogP contribution >= 0.6 is 0 Å². The zero-order valence-electron chi connectivity index (χ0n) is 19.3. The SMILES string of the molecule is CCCCCCCCCCCCc1ccccc1N(c1ccccc1)c1ccccc1. The number of hydrogen-bond donors (Lipinski definition) is 0. The lowest BCUT2D eigenvalue weighted by Gasteiger charge is -2.27. The third-order valence-corrected chi connectivity index (χ3v) is 6.06. The van der Waals surface area contributed by atoms with Crippen molar-refractivity contribution < 1.29 is 0 Å². The second-order valence-electron chi connectivity index (χ2n) is 8.57. The van der Waals surface area contributed by atoms with Gasteiger partial charge < -0.3 is 4.90 Å². The highest BCUT2D eigenvalue weighted by Crippen LogP contribution is 2.36. The van der Waals surface area contributed by atoms with Gasteiger partial charge in [0, 0.05) is 17.1 Å². The van der Waals surface area contributed by atoms with Crippen LogP contribution in [0.25, 0.3) is 0 Å². The van der Waals surface area contributed by atoms with E-state index >= 15 is 0 Å². The van der Waals surface area contributed by atoms with Gasteiger partial charge in [-0.3, -0.25) is 0 Å². The van der Waals surface area contributed by atoms with Crippen molar-refractivity contribution in [1.29, 1.82) is 0 Å². The molecule has 0 aromatic heterocycles. The van der Waals surface area contributed by atoms with Gasteiger partial charge in [0.2, 0.25) is 0 Å². The Bertz CT molecular complexity index is 801. The molecule has 0 unspecified atom stereocenters. The van der Waals surface area contributed by atoms with Crippen LogP contribution < -0.4 is 4.90 Å². The number of nitrogens with zero attached hydrogens (tertiary/aromatic N) is 1. The predicted molar refractivity (Wildman–Crippen MR) is 137 cm³/mol. The number of aryl methyl sites for hydroxylation is 1. The maximum absolute atomic E-state index is 2.39. The summed E-state index contributed by atoms with van der Waals surface area (Å²) in [6, 6.07) is 30.4. The lowest BCUT2D eigenvalue weighted by atomic mass is 10.0. The third-order valence-electron chi connectivity index (χ3n) is 6.06. The first-order valence-corrected chi connectivity index (χ1v) is 12.4. The van der Waals surface area contributed by atoms with E-state index in [-0.39, 0.29) is 0 Å². The van der Waals surface area contributed by atoms with Crippen molar-refractivity contribution in [2.75, 3.05) is 4.90 Å². The van der Waals surface area contributed by atoms with Crippen LogP contribution in [0.2, 0.25) is 0 Å². The van der Waals surface area contributed by atoms with Crippen molar-refractivity contribution in [1.82, 2.24) is 0 Å². The van der Waals surface area contributed by atoms with Crippen LogP contribution in [-0.4, -0.2) is 0 Å². The minimum absolute atomic E-state index is 1.14. The van der Waals surface area contributed by atoms with Crippen molar-refractivity contribution in [2.24, 2.45) is 0 Å². The van der Waals surface area contributed by atoms with Gasteiger partial charge in [-0.05, 0) is 48.7 Å². The first-order chi connectivity index (χ1) is 15.4. The molecule has 0 amide bonds. The maximum Gasteiger partial charge on any atom is 0.0493 e. The zero-order chi connectivity index (χ0) is 21.6. The summed E-state index contributed by atoms with van der Waals surface area (Å²) in [6.45, 7) is 2.29. The van der Waals surface area contributed by atoms with Crippen LogP contribution in [-0.2, 0) is 6.42 Å². The van der Waals surface area contributed by atoms with E-state index in [0.717, 1.165) is 6.42 Å². The van der Waals surface area contributed by atoms with Crippen LogP contribution in [0.15, 0.2) is 84.9 Å². The highest BCUT2D eigenvalue weighted by atomic mass is 15.1. The smallest absolute Gasteiger partial charge is 0.0493 e. The Morgan fingerprint density at radius 3 is 1.48 bits per heavy atom. The van der Waals surface area contributed by atoms with Gasteiger partial charge in [0.05, 0.1) is 0 Å². The standard InChI is InChI=1S/C30H39N/c1-2-3-4-5-6-7-8-9-10-13-20-27-21-18-19-26-30(27)31(28-22-14-11-15-23-28)29-24-16-12-17-25-29/h11-12,14-19,21-26H,2-10,13,20H2,1H3. The van der Waals surface area contributed by atoms with Crippen LogP contribution in [0, 0.1) is 0 Å². The highest BCUT2D eigenvalue weighted by molar-refractivity contribution is 5.78. The molecule has 3 aromatic rings. The predicted octanol–water partition coefficient (Wildman–Crippen LogP) is 9.62. The minimum Gasteiger partial charge on any atom is -0.310 e. The molecule has 31 heavy (non-hydrogen) atoms. The lowest BCUT2D eigenvalue weighted by molar-refractivity contribution is 0.556. The minimum atomic E-state index is 1.14. The van der Waals surface area contributed by atoms with Crippen LogP contribution in [0.1, 0.15) is 76.7 Å². The normalized spacial score (nSPS) is 10.9.